The van der Waals surface area contributed by atoms with E-state index in [1.807, 2.05) is 0 Å². The molecule has 0 aliphatic carbocycles. The van der Waals surface area contributed by atoms with Gasteiger partial charge in [0.2, 0.25) is 5.82 Å². The van der Waals surface area contributed by atoms with Crippen LogP contribution in [0.15, 0.2) is 24.3 Å². The summed E-state index contributed by atoms with van der Waals surface area (Å²) in [5.41, 5.74) is 0.539. The predicted molar refractivity (Wildman–Crippen MR) is 46.2 cm³/mol. The highest BCUT2D eigenvalue weighted by atomic mass is 16.3. The summed E-state index contributed by atoms with van der Waals surface area (Å²) in [6, 6.07) is 6.31. The van der Waals surface area contributed by atoms with Gasteiger partial charge in [0.1, 0.15) is 5.75 Å². The monoisotopic (exact) mass is 190 g/mol. The van der Waals surface area contributed by atoms with Crippen LogP contribution in [0.3, 0.4) is 0 Å². The number of aldehydes is 1. The highest BCUT2D eigenvalue weighted by molar-refractivity contribution is 5.69. The van der Waals surface area contributed by atoms with Crippen LogP contribution in [0.2, 0.25) is 0 Å². The number of aromatic nitrogens is 4. The lowest BCUT2D eigenvalue weighted by molar-refractivity contribution is 0.111. The second-order valence-electron chi connectivity index (χ2n) is 2.59. The number of carbonyl (C=O) groups is 1. The van der Waals surface area contributed by atoms with Crippen molar-refractivity contribution in [1.82, 2.24) is 20.2 Å². The second-order valence-corrected chi connectivity index (χ2v) is 2.59. The van der Waals surface area contributed by atoms with Gasteiger partial charge in [-0.1, -0.05) is 6.07 Å². The van der Waals surface area contributed by atoms with Crippen LogP contribution in [0.1, 0.15) is 10.6 Å². The quantitative estimate of drug-likeness (QED) is 0.683. The van der Waals surface area contributed by atoms with E-state index < -0.39 is 0 Å². The number of nitrogens with zero attached hydrogens (tertiary/aromatic N) is 4. The molecule has 0 saturated carbocycles. The van der Waals surface area contributed by atoms with Gasteiger partial charge >= 0.3 is 0 Å². The Morgan fingerprint density at radius 3 is 3.00 bits per heavy atom. The molecule has 0 unspecified atom stereocenters. The fraction of sp³-hybridized carbons (Fsp3) is 0. The lowest BCUT2D eigenvalue weighted by atomic mass is 10.3. The van der Waals surface area contributed by atoms with E-state index in [1.54, 1.807) is 12.1 Å². The van der Waals surface area contributed by atoms with E-state index in [4.69, 9.17) is 0 Å². The number of hydrogen-bond acceptors (Lipinski definition) is 5. The Morgan fingerprint density at radius 2 is 2.29 bits per heavy atom. The maximum Gasteiger partial charge on any atom is 0.219 e. The average molecular weight is 190 g/mol. The van der Waals surface area contributed by atoms with Crippen molar-refractivity contribution in [2.24, 2.45) is 0 Å². The van der Waals surface area contributed by atoms with Gasteiger partial charge in [0.15, 0.2) is 6.29 Å². The molecule has 6 nitrogen and oxygen atoms in total. The zero-order valence-electron chi connectivity index (χ0n) is 7.03. The number of aromatic hydroxyl groups is 1. The SMILES string of the molecule is O=Cc1nnnn1-c1cccc(O)c1. The molecule has 0 radical (unpaired) electrons. The zero-order valence-corrected chi connectivity index (χ0v) is 7.03. The van der Waals surface area contributed by atoms with Crippen molar-refractivity contribution in [3.05, 3.63) is 30.1 Å². The number of phenols is 1. The molecule has 0 spiro atoms. The Bertz CT molecular complexity index is 466. The van der Waals surface area contributed by atoms with Gasteiger partial charge in [-0.2, -0.15) is 4.68 Å². The van der Waals surface area contributed by atoms with Crippen molar-refractivity contribution in [1.29, 1.82) is 0 Å². The molecule has 0 amide bonds. The fourth-order valence-corrected chi connectivity index (χ4v) is 1.08. The van der Waals surface area contributed by atoms with E-state index in [2.05, 4.69) is 15.5 Å². The maximum absolute atomic E-state index is 10.5. The van der Waals surface area contributed by atoms with Gasteiger partial charge in [0.25, 0.3) is 0 Å². The fourth-order valence-electron chi connectivity index (χ4n) is 1.08. The van der Waals surface area contributed by atoms with Crippen molar-refractivity contribution in [3.8, 4) is 11.4 Å². The van der Waals surface area contributed by atoms with Gasteiger partial charge in [-0.25, -0.2) is 0 Å². The highest BCUT2D eigenvalue weighted by Crippen LogP contribution is 2.14. The summed E-state index contributed by atoms with van der Waals surface area (Å²) in [6.45, 7) is 0. The van der Waals surface area contributed by atoms with E-state index >= 15 is 0 Å². The largest absolute Gasteiger partial charge is 0.508 e. The number of carbonyl (C=O) groups excluding carboxylic acids is 1. The van der Waals surface area contributed by atoms with Crippen LogP contribution in [-0.2, 0) is 0 Å². The van der Waals surface area contributed by atoms with Gasteiger partial charge in [-0.15, -0.1) is 5.10 Å². The van der Waals surface area contributed by atoms with Crippen LogP contribution in [0.25, 0.3) is 5.69 Å². The minimum Gasteiger partial charge on any atom is -0.508 e. The molecule has 0 saturated heterocycles. The Labute approximate surface area is 78.8 Å². The number of tetrazole rings is 1. The minimum absolute atomic E-state index is 0.0925. The lowest BCUT2D eigenvalue weighted by Gasteiger charge is -2.00. The van der Waals surface area contributed by atoms with Gasteiger partial charge < -0.3 is 5.11 Å². The van der Waals surface area contributed by atoms with Gasteiger partial charge in [0.05, 0.1) is 5.69 Å². The molecule has 1 aromatic carbocycles. The first-order chi connectivity index (χ1) is 6.81. The van der Waals surface area contributed by atoms with Crippen LogP contribution in [-0.4, -0.2) is 31.6 Å². The van der Waals surface area contributed by atoms with Gasteiger partial charge in [0, 0.05) is 6.07 Å². The maximum atomic E-state index is 10.5. The third-order valence-corrected chi connectivity index (χ3v) is 1.67. The first-order valence-corrected chi connectivity index (χ1v) is 3.84. The normalized spacial score (nSPS) is 10.0. The van der Waals surface area contributed by atoms with E-state index in [0.717, 1.165) is 0 Å². The molecule has 0 bridgehead atoms. The first-order valence-electron chi connectivity index (χ1n) is 3.84. The number of hydrogen-bond donors (Lipinski definition) is 1. The zero-order chi connectivity index (χ0) is 9.97. The number of phenolic OH excluding ortho intramolecular Hbond substituents is 1. The van der Waals surface area contributed by atoms with Crippen molar-refractivity contribution in [3.63, 3.8) is 0 Å². The highest BCUT2D eigenvalue weighted by Gasteiger charge is 2.06. The molecule has 0 atom stereocenters. The molecule has 0 aliphatic rings. The molecule has 14 heavy (non-hydrogen) atoms. The third-order valence-electron chi connectivity index (χ3n) is 1.67. The molecule has 0 aliphatic heterocycles. The van der Waals surface area contributed by atoms with Crippen LogP contribution in [0.5, 0.6) is 5.75 Å². The molecule has 6 heteroatoms. The molecule has 1 N–H and O–H groups in total. The van der Waals surface area contributed by atoms with E-state index in [1.165, 1.54) is 16.8 Å². The average Bonchev–Trinajstić information content (AvgIpc) is 2.65. The summed E-state index contributed by atoms with van der Waals surface area (Å²) in [5, 5.41) is 19.7. The van der Waals surface area contributed by atoms with Crippen LogP contribution < -0.4 is 0 Å². The van der Waals surface area contributed by atoms with Crippen LogP contribution in [0, 0.1) is 0 Å². The second kappa shape index (κ2) is 3.25. The Balaban J connectivity index is 2.54. The van der Waals surface area contributed by atoms with Gasteiger partial charge in [-0.05, 0) is 22.6 Å². The molecule has 70 valence electrons. The Hall–Kier alpha value is -2.24. The first kappa shape index (κ1) is 8.36. The lowest BCUT2D eigenvalue weighted by Crippen LogP contribution is -2.01. The standard InChI is InChI=1S/C8H6N4O2/c13-5-8-9-10-11-12(8)6-2-1-3-7(14)4-6/h1-5,14H. The van der Waals surface area contributed by atoms with Crippen molar-refractivity contribution < 1.29 is 9.90 Å². The number of benzene rings is 1. The summed E-state index contributed by atoms with van der Waals surface area (Å²) in [5.74, 6) is 0.186. The molecule has 1 aromatic heterocycles. The van der Waals surface area contributed by atoms with Crippen LogP contribution >= 0.6 is 0 Å². The summed E-state index contributed by atoms with van der Waals surface area (Å²) >= 11 is 0. The topological polar surface area (TPSA) is 80.9 Å². The Kier molecular flexibility index (Phi) is 1.94. The summed E-state index contributed by atoms with van der Waals surface area (Å²) in [7, 11) is 0. The molecular weight excluding hydrogens is 184 g/mol. The molecule has 2 aromatic rings. The summed E-state index contributed by atoms with van der Waals surface area (Å²) in [4.78, 5) is 10.5. The Morgan fingerprint density at radius 1 is 1.43 bits per heavy atom. The molecule has 1 heterocycles. The third kappa shape index (κ3) is 1.33. The van der Waals surface area contributed by atoms with E-state index in [0.29, 0.717) is 12.0 Å². The predicted octanol–water partition coefficient (Wildman–Crippen LogP) is 0.180. The molecule has 2 rings (SSSR count). The number of rotatable bonds is 2. The summed E-state index contributed by atoms with van der Waals surface area (Å²) in [6.07, 6.45) is 0.546. The summed E-state index contributed by atoms with van der Waals surface area (Å²) < 4.78 is 1.24. The van der Waals surface area contributed by atoms with Gasteiger partial charge in [-0.3, -0.25) is 4.79 Å². The van der Waals surface area contributed by atoms with E-state index in [-0.39, 0.29) is 11.6 Å². The smallest absolute Gasteiger partial charge is 0.219 e. The van der Waals surface area contributed by atoms with Crippen molar-refractivity contribution in [2.75, 3.05) is 0 Å². The minimum atomic E-state index is 0.0925. The molecule has 0 fully saturated rings. The van der Waals surface area contributed by atoms with Crippen molar-refractivity contribution >= 4 is 6.29 Å². The van der Waals surface area contributed by atoms with Crippen LogP contribution in [0.4, 0.5) is 0 Å². The van der Waals surface area contributed by atoms with E-state index in [9.17, 15) is 9.90 Å². The van der Waals surface area contributed by atoms with Crippen molar-refractivity contribution in [2.45, 2.75) is 0 Å². The molecular formula is C8H6N4O2.